The van der Waals surface area contributed by atoms with Crippen molar-refractivity contribution in [1.82, 2.24) is 35.0 Å². The minimum atomic E-state index is -4.35. The number of fused-ring (bicyclic) bond motifs is 5. The number of aromatic amines is 1. The van der Waals surface area contributed by atoms with Crippen LogP contribution < -0.4 is 33.0 Å². The molecule has 0 radical (unpaired) electrons. The fraction of sp³-hybridized carbons (Fsp3) is 0.571. The zero-order valence-electron chi connectivity index (χ0n) is 24.2. The fourth-order valence-corrected chi connectivity index (χ4v) is 8.71. The molecule has 3 unspecified atom stereocenters. The van der Waals surface area contributed by atoms with Crippen LogP contribution in [-0.2, 0) is 48.7 Å². The highest BCUT2D eigenvalue weighted by Gasteiger charge is 2.59. The third-order valence-electron chi connectivity index (χ3n) is 7.89. The third kappa shape index (κ3) is 5.79. The van der Waals surface area contributed by atoms with Gasteiger partial charge in [-0.3, -0.25) is 33.3 Å². The van der Waals surface area contributed by atoms with Crippen molar-refractivity contribution < 1.29 is 46.2 Å². The Morgan fingerprint density at radius 3 is 2.81 bits per heavy atom. The van der Waals surface area contributed by atoms with Crippen LogP contribution in [0.25, 0.3) is 11.2 Å². The van der Waals surface area contributed by atoms with E-state index in [0.717, 1.165) is 5.01 Å². The molecule has 3 aromatic heterocycles. The summed E-state index contributed by atoms with van der Waals surface area (Å²) in [6, 6.07) is 0. The molecule has 2 bridgehead atoms. The highest BCUT2D eigenvalue weighted by molar-refractivity contribution is 8.44. The van der Waals surface area contributed by atoms with Gasteiger partial charge < -0.3 is 35.1 Å². The van der Waals surface area contributed by atoms with Gasteiger partial charge in [-0.2, -0.15) is 4.98 Å². The van der Waals surface area contributed by atoms with Gasteiger partial charge in [-0.05, 0) is 18.7 Å². The number of anilines is 4. The number of hydrogen-bond acceptors (Lipinski definition) is 19. The first-order valence-corrected chi connectivity index (χ1v) is 18.9. The zero-order valence-corrected chi connectivity index (χ0v) is 27.7. The number of imidazole rings is 1. The highest BCUT2D eigenvalue weighted by Crippen LogP contribution is 2.60. The van der Waals surface area contributed by atoms with Gasteiger partial charge in [0.15, 0.2) is 41.6 Å². The molecule has 4 aliphatic heterocycles. The molecule has 26 heteroatoms. The van der Waals surface area contributed by atoms with Crippen LogP contribution in [0.3, 0.4) is 0 Å². The second-order valence-corrected chi connectivity index (χ2v) is 16.6. The van der Waals surface area contributed by atoms with Crippen LogP contribution in [-0.4, -0.2) is 97.1 Å². The molecule has 8 N–H and O–H groups in total. The van der Waals surface area contributed by atoms with Gasteiger partial charge in [0, 0.05) is 7.11 Å². The van der Waals surface area contributed by atoms with E-state index in [-0.39, 0.29) is 28.8 Å². The molecule has 3 saturated heterocycles. The number of methoxy groups -OCH3 is 1. The molecule has 3 aromatic rings. The maximum Gasteiger partial charge on any atom is 0.386 e. The summed E-state index contributed by atoms with van der Waals surface area (Å²) < 4.78 is 72.1. The van der Waals surface area contributed by atoms with Crippen molar-refractivity contribution in [1.29, 1.82) is 0 Å². The van der Waals surface area contributed by atoms with Crippen LogP contribution >= 0.6 is 25.8 Å². The standard InChI is InChI=1S/C21H28FN11O10P2S2/c1-21-4-39-45(36,47)42-11-8(22)7(40-19(11)33-16-10(30-31-33)17(34)29-20(24)28-16)3-38-44(35,46)43-13(21)12(37-2)18(41-21)32-6-27-9-14(23)25-5-26-15(9)32/h5-8,11-13,18-19,30-31H,3-4H2,1-2H3,(H,35,46)(H,36,47)(H2,23,25,26)(H3,24,28,29,34)/t7-,8+,11-,12-,13+,18-,19?,21-,44?,45?/m1/s1. The summed E-state index contributed by atoms with van der Waals surface area (Å²) in [7, 11) is 1.36. The van der Waals surface area contributed by atoms with Gasteiger partial charge in [0.05, 0.1) is 19.5 Å². The van der Waals surface area contributed by atoms with E-state index in [1.165, 1.54) is 31.3 Å². The number of nitrogen functional groups attached to an aromatic ring is 2. The van der Waals surface area contributed by atoms with Gasteiger partial charge in [0.2, 0.25) is 5.95 Å². The van der Waals surface area contributed by atoms with Gasteiger partial charge in [-0.1, -0.05) is 12.2 Å². The third-order valence-corrected chi connectivity index (χ3v) is 11.0. The Hall–Kier alpha value is -2.57. The molecule has 0 aliphatic carbocycles. The molecule has 7 rings (SSSR count). The average Bonchev–Trinajstić information content (AvgIpc) is 3.75. The first kappa shape index (κ1) is 33.0. The fourth-order valence-electron chi connectivity index (χ4n) is 5.71. The molecule has 0 aromatic carbocycles. The van der Waals surface area contributed by atoms with Crippen molar-refractivity contribution >= 4 is 72.0 Å². The lowest BCUT2D eigenvalue weighted by Crippen LogP contribution is -2.51. The Morgan fingerprint density at radius 2 is 2.04 bits per heavy atom. The molecular weight excluding hydrogens is 711 g/mol. The average molecular weight is 740 g/mol. The Morgan fingerprint density at radius 1 is 1.26 bits per heavy atom. The molecule has 4 aliphatic rings. The predicted octanol–water partition coefficient (Wildman–Crippen LogP) is -0.137. The van der Waals surface area contributed by atoms with E-state index in [1.54, 1.807) is 0 Å². The summed E-state index contributed by atoms with van der Waals surface area (Å²) >= 11 is 9.44. The molecule has 47 heavy (non-hydrogen) atoms. The van der Waals surface area contributed by atoms with Crippen LogP contribution in [0.4, 0.5) is 27.7 Å². The van der Waals surface area contributed by atoms with E-state index in [1.807, 2.05) is 0 Å². The first-order valence-electron chi connectivity index (χ1n) is 13.7. The summed E-state index contributed by atoms with van der Waals surface area (Å²) in [6.45, 7) is -8.37. The molecule has 3 fully saturated rings. The lowest BCUT2D eigenvalue weighted by Gasteiger charge is -2.34. The van der Waals surface area contributed by atoms with Gasteiger partial charge in [-0.15, -0.1) is 5.53 Å². The summed E-state index contributed by atoms with van der Waals surface area (Å²) in [6.07, 6.45) is -7.33. The maximum absolute atomic E-state index is 16.0. The van der Waals surface area contributed by atoms with Crippen LogP contribution in [0.15, 0.2) is 17.4 Å². The van der Waals surface area contributed by atoms with E-state index in [9.17, 15) is 14.3 Å². The van der Waals surface area contributed by atoms with Gasteiger partial charge in [-0.25, -0.2) is 28.9 Å². The smallest absolute Gasteiger partial charge is 0.382 e. The van der Waals surface area contributed by atoms with E-state index < -0.39 is 80.9 Å². The number of hydrogen-bond donors (Lipinski definition) is 7. The number of rotatable bonds is 3. The van der Waals surface area contributed by atoms with E-state index in [2.05, 4.69) is 48.1 Å². The molecule has 0 spiro atoms. The first-order chi connectivity index (χ1) is 22.2. The number of thiol groups is 1. The summed E-state index contributed by atoms with van der Waals surface area (Å²) in [5.41, 5.74) is 15.2. The van der Waals surface area contributed by atoms with Crippen molar-refractivity contribution in [2.75, 3.05) is 42.2 Å². The minimum Gasteiger partial charge on any atom is -0.382 e. The molecular formula is C21H28FN11O10P2S2. The molecule has 10 atom stereocenters. The lowest BCUT2D eigenvalue weighted by atomic mass is 9.98. The molecule has 256 valence electrons. The lowest BCUT2D eigenvalue weighted by molar-refractivity contribution is -0.112. The Balaban J connectivity index is 1.22. The van der Waals surface area contributed by atoms with Crippen molar-refractivity contribution in [3.8, 4) is 0 Å². The number of nitrogens with two attached hydrogens (primary N) is 2. The van der Waals surface area contributed by atoms with Crippen molar-refractivity contribution in [2.45, 2.75) is 55.6 Å². The number of alkyl halides is 1. The van der Waals surface area contributed by atoms with E-state index >= 15 is 4.39 Å². The number of hydrazine groups is 2. The van der Waals surface area contributed by atoms with Crippen LogP contribution in [0.5, 0.6) is 0 Å². The van der Waals surface area contributed by atoms with Crippen LogP contribution in [0.1, 0.15) is 13.2 Å². The van der Waals surface area contributed by atoms with Crippen LogP contribution in [0, 0.1) is 0 Å². The summed E-state index contributed by atoms with van der Waals surface area (Å²) in [4.78, 5) is 42.5. The van der Waals surface area contributed by atoms with Crippen molar-refractivity contribution in [3.05, 3.63) is 23.0 Å². The number of nitrogens with one attached hydrogen (secondary N) is 3. The summed E-state index contributed by atoms with van der Waals surface area (Å²) in [5.74, 6) is -0.189. The van der Waals surface area contributed by atoms with Gasteiger partial charge >= 0.3 is 13.5 Å². The topological polar surface area (TPSA) is 271 Å². The van der Waals surface area contributed by atoms with Gasteiger partial charge in [0.25, 0.3) is 5.56 Å². The Labute approximate surface area is 273 Å². The molecule has 7 heterocycles. The zero-order chi connectivity index (χ0) is 33.5. The molecule has 0 amide bonds. The SMILES string of the molecule is CO[C@H]1[C@H](n2cnc3c(N)ncnc32)O[C@]2(C)COP(O)(=S)O[C@H]3C(N4NNc5c4nc(N)[nH]c5=O)O[C@H](COP(=O)(S)O[C@@H]12)[C@@H]3F. The number of H-pyrrole nitrogens is 1. The second-order valence-electron chi connectivity index (χ2n) is 11.0. The number of ether oxygens (including phenoxy) is 3. The largest absolute Gasteiger partial charge is 0.386 e. The number of aromatic nitrogens is 6. The maximum atomic E-state index is 16.0. The number of nitrogens with zero attached hydrogens (tertiary/aromatic N) is 6. The summed E-state index contributed by atoms with van der Waals surface area (Å²) in [5, 5.41) is 1.12. The molecule has 0 saturated carbocycles. The molecule has 21 nitrogen and oxygen atoms in total. The quantitative estimate of drug-likeness (QED) is 0.136. The normalized spacial score (nSPS) is 39.1. The Kier molecular flexibility index (Phi) is 8.27. The van der Waals surface area contributed by atoms with Crippen molar-refractivity contribution in [3.63, 3.8) is 0 Å². The van der Waals surface area contributed by atoms with Crippen LogP contribution in [0.2, 0.25) is 0 Å². The second kappa shape index (κ2) is 11.8. The number of halogens is 1. The minimum absolute atomic E-state index is 0.0570. The van der Waals surface area contributed by atoms with Gasteiger partial charge in [0.1, 0.15) is 41.9 Å². The van der Waals surface area contributed by atoms with E-state index in [0.29, 0.717) is 5.65 Å². The predicted molar refractivity (Wildman–Crippen MR) is 166 cm³/mol. The van der Waals surface area contributed by atoms with E-state index in [4.69, 9.17) is 55.6 Å². The Bertz CT molecular complexity index is 1880. The van der Waals surface area contributed by atoms with Crippen molar-refractivity contribution in [2.24, 2.45) is 0 Å². The highest BCUT2D eigenvalue weighted by atomic mass is 32.7. The monoisotopic (exact) mass is 739 g/mol.